The summed E-state index contributed by atoms with van der Waals surface area (Å²) in [7, 11) is 0. The molecule has 5 heteroatoms. The molecule has 1 saturated heterocycles. The second-order valence-electron chi connectivity index (χ2n) is 7.47. The SMILES string of the molecule is CC(C)[C@H]1[C@H](C=C(Cl)Cl)[C@@H]1C(=O)N1CCN(Cc2ccccc2)CC1. The van der Waals surface area contributed by atoms with Gasteiger partial charge in [0.05, 0.1) is 0 Å². The fourth-order valence-corrected chi connectivity index (χ4v) is 4.38. The molecule has 3 nitrogen and oxygen atoms in total. The van der Waals surface area contributed by atoms with Gasteiger partial charge in [0.2, 0.25) is 5.91 Å². The minimum absolute atomic E-state index is 0.0492. The van der Waals surface area contributed by atoms with Gasteiger partial charge in [-0.1, -0.05) is 67.4 Å². The molecule has 1 aromatic carbocycles. The summed E-state index contributed by atoms with van der Waals surface area (Å²) in [6.45, 7) is 8.74. The van der Waals surface area contributed by atoms with Crippen LogP contribution in [-0.4, -0.2) is 41.9 Å². The van der Waals surface area contributed by atoms with Gasteiger partial charge in [0, 0.05) is 38.6 Å². The van der Waals surface area contributed by atoms with Gasteiger partial charge < -0.3 is 4.90 Å². The van der Waals surface area contributed by atoms with Crippen molar-refractivity contribution in [1.29, 1.82) is 0 Å². The Kier molecular flexibility index (Phi) is 6.08. The predicted molar refractivity (Wildman–Crippen MR) is 103 cm³/mol. The molecule has 1 amide bonds. The molecule has 0 unspecified atom stereocenters. The number of nitrogens with zero attached hydrogens (tertiary/aromatic N) is 2. The lowest BCUT2D eigenvalue weighted by atomic mass is 10.1. The van der Waals surface area contributed by atoms with E-state index in [9.17, 15) is 4.79 Å². The number of benzene rings is 1. The molecule has 1 heterocycles. The lowest BCUT2D eigenvalue weighted by Crippen LogP contribution is -2.49. The van der Waals surface area contributed by atoms with Crippen molar-refractivity contribution in [3.63, 3.8) is 0 Å². The van der Waals surface area contributed by atoms with E-state index in [1.165, 1.54) is 5.56 Å². The van der Waals surface area contributed by atoms with Gasteiger partial charge >= 0.3 is 0 Å². The third kappa shape index (κ3) is 4.58. The van der Waals surface area contributed by atoms with Crippen LogP contribution in [0, 0.1) is 23.7 Å². The summed E-state index contributed by atoms with van der Waals surface area (Å²) in [4.78, 5) is 17.4. The highest BCUT2D eigenvalue weighted by Gasteiger charge is 2.55. The summed E-state index contributed by atoms with van der Waals surface area (Å²) in [5, 5.41) is 0. The van der Waals surface area contributed by atoms with Gasteiger partial charge in [0.25, 0.3) is 0 Å². The Morgan fingerprint density at radius 1 is 1.16 bits per heavy atom. The van der Waals surface area contributed by atoms with Gasteiger partial charge in [-0.2, -0.15) is 0 Å². The molecule has 1 saturated carbocycles. The molecule has 2 aliphatic rings. The first-order chi connectivity index (χ1) is 12.0. The average molecular weight is 381 g/mol. The fraction of sp³-hybridized carbons (Fsp3) is 0.550. The van der Waals surface area contributed by atoms with Crippen molar-refractivity contribution < 1.29 is 4.79 Å². The molecule has 25 heavy (non-hydrogen) atoms. The first kappa shape index (κ1) is 18.8. The maximum Gasteiger partial charge on any atom is 0.226 e. The van der Waals surface area contributed by atoms with E-state index >= 15 is 0 Å². The molecule has 0 radical (unpaired) electrons. The standard InChI is InChI=1S/C20H26Cl2N2O/c1-14(2)18-16(12-17(21)22)19(18)20(25)24-10-8-23(9-11-24)13-15-6-4-3-5-7-15/h3-7,12,14,16,18-19H,8-11,13H2,1-2H3/t16-,18-,19-/m0/s1. The molecule has 0 N–H and O–H groups in total. The lowest BCUT2D eigenvalue weighted by molar-refractivity contribution is -0.135. The van der Waals surface area contributed by atoms with Crippen LogP contribution in [0.2, 0.25) is 0 Å². The van der Waals surface area contributed by atoms with E-state index in [4.69, 9.17) is 23.2 Å². The summed E-state index contributed by atoms with van der Waals surface area (Å²) in [5.41, 5.74) is 1.33. The van der Waals surface area contributed by atoms with Crippen LogP contribution in [-0.2, 0) is 11.3 Å². The fourth-order valence-electron chi connectivity index (χ4n) is 4.09. The quantitative estimate of drug-likeness (QED) is 0.765. The number of amides is 1. The zero-order chi connectivity index (χ0) is 18.0. The molecule has 0 aromatic heterocycles. The smallest absolute Gasteiger partial charge is 0.226 e. The minimum Gasteiger partial charge on any atom is -0.340 e. The zero-order valence-corrected chi connectivity index (χ0v) is 16.4. The minimum atomic E-state index is 0.0492. The molecule has 0 spiro atoms. The van der Waals surface area contributed by atoms with Gasteiger partial charge in [-0.15, -0.1) is 0 Å². The van der Waals surface area contributed by atoms with E-state index in [1.54, 1.807) is 0 Å². The predicted octanol–water partition coefficient (Wildman–Crippen LogP) is 4.17. The van der Waals surface area contributed by atoms with Crippen molar-refractivity contribution in [2.75, 3.05) is 26.2 Å². The Bertz CT molecular complexity index is 620. The van der Waals surface area contributed by atoms with Crippen molar-refractivity contribution in [1.82, 2.24) is 9.80 Å². The number of hydrogen-bond acceptors (Lipinski definition) is 2. The third-order valence-corrected chi connectivity index (χ3v) is 5.69. The van der Waals surface area contributed by atoms with Gasteiger partial charge in [-0.25, -0.2) is 0 Å². The highest BCUT2D eigenvalue weighted by Crippen LogP contribution is 2.53. The molecule has 0 bridgehead atoms. The van der Waals surface area contributed by atoms with Crippen LogP contribution in [0.4, 0.5) is 0 Å². The van der Waals surface area contributed by atoms with Crippen molar-refractivity contribution in [3.05, 3.63) is 46.5 Å². The molecule has 3 rings (SSSR count). The van der Waals surface area contributed by atoms with E-state index in [2.05, 4.69) is 43.0 Å². The molecule has 1 aromatic rings. The first-order valence-electron chi connectivity index (χ1n) is 9.05. The Morgan fingerprint density at radius 3 is 2.36 bits per heavy atom. The molecule has 1 aliphatic carbocycles. The van der Waals surface area contributed by atoms with Gasteiger partial charge in [0.15, 0.2) is 0 Å². The van der Waals surface area contributed by atoms with Crippen LogP contribution in [0.15, 0.2) is 40.9 Å². The Hall–Kier alpha value is -1.03. The number of hydrogen-bond donors (Lipinski definition) is 0. The summed E-state index contributed by atoms with van der Waals surface area (Å²) < 4.78 is 0.277. The van der Waals surface area contributed by atoms with Crippen LogP contribution in [0.1, 0.15) is 19.4 Å². The second kappa shape index (κ2) is 8.11. The normalized spacial score (nSPS) is 26.6. The summed E-state index contributed by atoms with van der Waals surface area (Å²) in [5.74, 6) is 1.34. The number of allylic oxidation sites excluding steroid dienone is 1. The van der Waals surface area contributed by atoms with Crippen LogP contribution < -0.4 is 0 Å². The highest BCUT2D eigenvalue weighted by atomic mass is 35.5. The number of carbonyl (C=O) groups is 1. The average Bonchev–Trinajstić information content (AvgIpc) is 3.29. The lowest BCUT2D eigenvalue weighted by Gasteiger charge is -2.35. The van der Waals surface area contributed by atoms with E-state index in [1.807, 2.05) is 17.0 Å². The zero-order valence-electron chi connectivity index (χ0n) is 14.9. The van der Waals surface area contributed by atoms with Crippen LogP contribution in [0.3, 0.4) is 0 Å². The topological polar surface area (TPSA) is 23.6 Å². The molecule has 3 atom stereocenters. The second-order valence-corrected chi connectivity index (χ2v) is 8.48. The van der Waals surface area contributed by atoms with E-state index in [0.717, 1.165) is 32.7 Å². The highest BCUT2D eigenvalue weighted by molar-refractivity contribution is 6.55. The van der Waals surface area contributed by atoms with Crippen molar-refractivity contribution in [2.24, 2.45) is 23.7 Å². The maximum absolute atomic E-state index is 12.9. The Morgan fingerprint density at radius 2 is 1.80 bits per heavy atom. The number of piperazine rings is 1. The van der Waals surface area contributed by atoms with E-state index in [-0.39, 0.29) is 22.2 Å². The summed E-state index contributed by atoms with van der Waals surface area (Å²) in [6.07, 6.45) is 1.85. The molecule has 1 aliphatic heterocycles. The first-order valence-corrected chi connectivity index (χ1v) is 9.81. The van der Waals surface area contributed by atoms with Gasteiger partial charge in [-0.3, -0.25) is 9.69 Å². The Balaban J connectivity index is 1.54. The van der Waals surface area contributed by atoms with E-state index < -0.39 is 0 Å². The largest absolute Gasteiger partial charge is 0.340 e. The van der Waals surface area contributed by atoms with Crippen LogP contribution in [0.5, 0.6) is 0 Å². The molecular formula is C20H26Cl2N2O. The maximum atomic E-state index is 12.9. The van der Waals surface area contributed by atoms with Crippen molar-refractivity contribution >= 4 is 29.1 Å². The monoisotopic (exact) mass is 380 g/mol. The van der Waals surface area contributed by atoms with Crippen LogP contribution >= 0.6 is 23.2 Å². The van der Waals surface area contributed by atoms with Crippen molar-refractivity contribution in [2.45, 2.75) is 20.4 Å². The van der Waals surface area contributed by atoms with Crippen molar-refractivity contribution in [3.8, 4) is 0 Å². The summed E-state index contributed by atoms with van der Waals surface area (Å²) in [6, 6.07) is 10.5. The van der Waals surface area contributed by atoms with Crippen LogP contribution in [0.25, 0.3) is 0 Å². The number of rotatable bonds is 5. The van der Waals surface area contributed by atoms with E-state index in [0.29, 0.717) is 11.8 Å². The molecule has 136 valence electrons. The molecular weight excluding hydrogens is 355 g/mol. The van der Waals surface area contributed by atoms with Gasteiger partial charge in [-0.05, 0) is 29.4 Å². The van der Waals surface area contributed by atoms with Gasteiger partial charge in [0.1, 0.15) is 4.49 Å². The summed E-state index contributed by atoms with van der Waals surface area (Å²) >= 11 is 11.7. The number of halogens is 2. The molecule has 2 fully saturated rings. The Labute approximate surface area is 160 Å². The number of carbonyl (C=O) groups excluding carboxylic acids is 1. The third-order valence-electron chi connectivity index (χ3n) is 5.44.